The molecule has 0 saturated carbocycles. The summed E-state index contributed by atoms with van der Waals surface area (Å²) < 4.78 is 48.0. The highest BCUT2D eigenvalue weighted by Crippen LogP contribution is 2.30. The summed E-state index contributed by atoms with van der Waals surface area (Å²) in [5, 5.41) is 7.18. The van der Waals surface area contributed by atoms with Crippen LogP contribution >= 0.6 is 0 Å². The second-order valence-corrected chi connectivity index (χ2v) is 4.65. The molecular weight excluding hydrogens is 299 g/mol. The first kappa shape index (κ1) is 16.0. The molecule has 0 atom stereocenters. The van der Waals surface area contributed by atoms with Gasteiger partial charge in [-0.05, 0) is 17.7 Å². The van der Waals surface area contributed by atoms with Gasteiger partial charge in [-0.25, -0.2) is 0 Å². The highest BCUT2D eigenvalue weighted by Gasteiger charge is 2.29. The van der Waals surface area contributed by atoms with Gasteiger partial charge in [0.2, 0.25) is 0 Å². The van der Waals surface area contributed by atoms with Crippen LogP contribution in [0.3, 0.4) is 0 Å². The van der Waals surface area contributed by atoms with Crippen molar-refractivity contribution in [2.24, 2.45) is 7.05 Å². The van der Waals surface area contributed by atoms with Crippen molar-refractivity contribution in [2.75, 3.05) is 19.0 Å². The highest BCUT2D eigenvalue weighted by molar-refractivity contribution is 5.45. The fraction of sp³-hybridized carbons (Fsp3) is 0.357. The molecule has 0 fully saturated rings. The van der Waals surface area contributed by atoms with Gasteiger partial charge in [-0.1, -0.05) is 6.07 Å². The quantitative estimate of drug-likeness (QED) is 0.890. The predicted octanol–water partition coefficient (Wildman–Crippen LogP) is 2.98. The van der Waals surface area contributed by atoms with Crippen LogP contribution in [0.1, 0.15) is 5.56 Å². The molecule has 0 aliphatic rings. The van der Waals surface area contributed by atoms with Crippen LogP contribution in [0.2, 0.25) is 0 Å². The normalized spacial score (nSPS) is 11.3. The number of halogens is 3. The van der Waals surface area contributed by atoms with Gasteiger partial charge in [-0.3, -0.25) is 4.68 Å². The smallest absolute Gasteiger partial charge is 0.422 e. The molecule has 0 aliphatic heterocycles. The number of aromatic nitrogens is 2. The van der Waals surface area contributed by atoms with Crippen LogP contribution in [-0.4, -0.2) is 29.7 Å². The van der Waals surface area contributed by atoms with E-state index in [1.807, 2.05) is 6.20 Å². The molecule has 22 heavy (non-hydrogen) atoms. The molecule has 1 aromatic heterocycles. The average molecular weight is 315 g/mol. The molecule has 1 aromatic carbocycles. The monoisotopic (exact) mass is 315 g/mol. The maximum atomic E-state index is 12.2. The van der Waals surface area contributed by atoms with Crippen LogP contribution in [0, 0.1) is 0 Å². The molecule has 2 rings (SSSR count). The summed E-state index contributed by atoms with van der Waals surface area (Å²) in [7, 11) is 3.19. The van der Waals surface area contributed by atoms with E-state index in [9.17, 15) is 13.2 Å². The van der Waals surface area contributed by atoms with E-state index < -0.39 is 12.8 Å². The Morgan fingerprint density at radius 2 is 2.05 bits per heavy atom. The van der Waals surface area contributed by atoms with Crippen LogP contribution < -0.4 is 14.8 Å². The van der Waals surface area contributed by atoms with Gasteiger partial charge in [0.1, 0.15) is 0 Å². The molecule has 120 valence electrons. The zero-order valence-electron chi connectivity index (χ0n) is 12.1. The molecule has 2 aromatic rings. The number of methoxy groups -OCH3 is 1. The van der Waals surface area contributed by atoms with Gasteiger partial charge in [0.15, 0.2) is 18.1 Å². The van der Waals surface area contributed by atoms with E-state index in [1.165, 1.54) is 13.2 Å². The van der Waals surface area contributed by atoms with Crippen LogP contribution in [0.15, 0.2) is 30.6 Å². The molecule has 1 N–H and O–H groups in total. The van der Waals surface area contributed by atoms with E-state index in [4.69, 9.17) is 9.47 Å². The van der Waals surface area contributed by atoms with Crippen molar-refractivity contribution < 1.29 is 22.6 Å². The first-order valence-corrected chi connectivity index (χ1v) is 6.46. The van der Waals surface area contributed by atoms with Gasteiger partial charge >= 0.3 is 6.18 Å². The van der Waals surface area contributed by atoms with Gasteiger partial charge in [0, 0.05) is 19.8 Å². The molecule has 0 spiro atoms. The van der Waals surface area contributed by atoms with Crippen LogP contribution in [0.5, 0.6) is 11.5 Å². The molecule has 0 radical (unpaired) electrons. The highest BCUT2D eigenvalue weighted by atomic mass is 19.4. The Bertz CT molecular complexity index is 626. The summed E-state index contributed by atoms with van der Waals surface area (Å²) in [6, 6.07) is 4.78. The number of aryl methyl sites for hydroxylation is 1. The number of nitrogens with one attached hydrogen (secondary N) is 1. The van der Waals surface area contributed by atoms with Gasteiger partial charge < -0.3 is 14.8 Å². The van der Waals surface area contributed by atoms with Gasteiger partial charge in [-0.15, -0.1) is 0 Å². The molecular formula is C14H16F3N3O2. The fourth-order valence-electron chi connectivity index (χ4n) is 1.82. The molecule has 0 saturated heterocycles. The standard InChI is InChI=1S/C14H16F3N3O2/c1-20-8-11(7-19-20)18-6-10-3-4-12(13(5-10)21-2)22-9-14(15,16)17/h3-5,7-8,18H,6,9H2,1-2H3. The van der Waals surface area contributed by atoms with Crippen LogP contribution in [0.4, 0.5) is 18.9 Å². The van der Waals surface area contributed by atoms with Crippen molar-refractivity contribution in [3.05, 3.63) is 36.2 Å². The van der Waals surface area contributed by atoms with Crippen molar-refractivity contribution in [1.29, 1.82) is 0 Å². The molecule has 5 nitrogen and oxygen atoms in total. The van der Waals surface area contributed by atoms with E-state index in [0.717, 1.165) is 11.3 Å². The third kappa shape index (κ3) is 4.57. The van der Waals surface area contributed by atoms with E-state index in [2.05, 4.69) is 10.4 Å². The van der Waals surface area contributed by atoms with Gasteiger partial charge in [0.25, 0.3) is 0 Å². The van der Waals surface area contributed by atoms with E-state index in [0.29, 0.717) is 6.54 Å². The maximum absolute atomic E-state index is 12.2. The van der Waals surface area contributed by atoms with Crippen molar-refractivity contribution in [1.82, 2.24) is 9.78 Å². The van der Waals surface area contributed by atoms with Gasteiger partial charge in [0.05, 0.1) is 19.0 Å². The summed E-state index contributed by atoms with van der Waals surface area (Å²) in [5.41, 5.74) is 1.69. The summed E-state index contributed by atoms with van der Waals surface area (Å²) in [6.07, 6.45) is -0.887. The molecule has 0 bridgehead atoms. The first-order chi connectivity index (χ1) is 10.4. The third-order valence-corrected chi connectivity index (χ3v) is 2.82. The summed E-state index contributed by atoms with van der Waals surface area (Å²) >= 11 is 0. The fourth-order valence-corrected chi connectivity index (χ4v) is 1.82. The Hall–Kier alpha value is -2.38. The van der Waals surface area contributed by atoms with Crippen molar-refractivity contribution in [2.45, 2.75) is 12.7 Å². The summed E-state index contributed by atoms with van der Waals surface area (Å²) in [4.78, 5) is 0. The Morgan fingerprint density at radius 3 is 2.64 bits per heavy atom. The van der Waals surface area contributed by atoms with Gasteiger partial charge in [-0.2, -0.15) is 18.3 Å². The first-order valence-electron chi connectivity index (χ1n) is 6.46. The lowest BCUT2D eigenvalue weighted by Crippen LogP contribution is -2.19. The summed E-state index contributed by atoms with van der Waals surface area (Å²) in [5.74, 6) is 0.319. The largest absolute Gasteiger partial charge is 0.493 e. The van der Waals surface area contributed by atoms with Crippen molar-refractivity contribution in [3.63, 3.8) is 0 Å². The zero-order valence-corrected chi connectivity index (χ0v) is 12.1. The minimum Gasteiger partial charge on any atom is -0.493 e. The molecule has 0 unspecified atom stereocenters. The summed E-state index contributed by atoms with van der Waals surface area (Å²) in [6.45, 7) is -0.863. The lowest BCUT2D eigenvalue weighted by Gasteiger charge is -2.13. The number of hydrogen-bond donors (Lipinski definition) is 1. The third-order valence-electron chi connectivity index (χ3n) is 2.82. The van der Waals surface area contributed by atoms with Crippen LogP contribution in [0.25, 0.3) is 0 Å². The predicted molar refractivity (Wildman–Crippen MR) is 75.1 cm³/mol. The molecule has 1 heterocycles. The van der Waals surface area contributed by atoms with Crippen molar-refractivity contribution >= 4 is 5.69 Å². The van der Waals surface area contributed by atoms with E-state index in [-0.39, 0.29) is 11.5 Å². The minimum absolute atomic E-state index is 0.0601. The SMILES string of the molecule is COc1cc(CNc2cnn(C)c2)ccc1OCC(F)(F)F. The Kier molecular flexibility index (Phi) is 4.79. The second-order valence-electron chi connectivity index (χ2n) is 4.65. The second kappa shape index (κ2) is 6.59. The number of rotatable bonds is 6. The van der Waals surface area contributed by atoms with E-state index in [1.54, 1.807) is 30.1 Å². The molecule has 8 heteroatoms. The average Bonchev–Trinajstić information content (AvgIpc) is 2.88. The van der Waals surface area contributed by atoms with E-state index >= 15 is 0 Å². The lowest BCUT2D eigenvalue weighted by atomic mass is 10.2. The number of hydrogen-bond acceptors (Lipinski definition) is 4. The Morgan fingerprint density at radius 1 is 1.27 bits per heavy atom. The molecule has 0 aliphatic carbocycles. The van der Waals surface area contributed by atoms with Crippen LogP contribution in [-0.2, 0) is 13.6 Å². The Balaban J connectivity index is 2.01. The minimum atomic E-state index is -4.38. The molecule has 0 amide bonds. The topological polar surface area (TPSA) is 48.3 Å². The van der Waals surface area contributed by atoms with Crippen molar-refractivity contribution in [3.8, 4) is 11.5 Å². The lowest BCUT2D eigenvalue weighted by molar-refractivity contribution is -0.153. The maximum Gasteiger partial charge on any atom is 0.422 e. The number of alkyl halides is 3. The number of benzene rings is 1. The zero-order chi connectivity index (χ0) is 16.2. The number of nitrogens with zero attached hydrogens (tertiary/aromatic N) is 2. The number of anilines is 1. The number of ether oxygens (including phenoxy) is 2. The Labute approximate surface area is 125 Å².